The van der Waals surface area contributed by atoms with E-state index in [2.05, 4.69) is 15.6 Å². The first kappa shape index (κ1) is 20.0. The molecule has 8 heteroatoms. The fourth-order valence-electron chi connectivity index (χ4n) is 2.37. The Labute approximate surface area is 157 Å². The maximum atomic E-state index is 12.5. The molecule has 0 unspecified atom stereocenters. The smallest absolute Gasteiger partial charge is 0.274 e. The van der Waals surface area contributed by atoms with Crippen LogP contribution >= 0.6 is 0 Å². The molecule has 0 spiro atoms. The van der Waals surface area contributed by atoms with E-state index in [1.54, 1.807) is 24.3 Å². The number of nitrogens with one attached hydrogen (secondary N) is 2. The molecular weight excluding hydrogens is 350 g/mol. The first-order valence-electron chi connectivity index (χ1n) is 8.40. The fraction of sp³-hybridized carbons (Fsp3) is 0.316. The molecule has 1 heterocycles. The van der Waals surface area contributed by atoms with E-state index in [-0.39, 0.29) is 17.3 Å². The number of rotatable bonds is 8. The summed E-state index contributed by atoms with van der Waals surface area (Å²) in [6.07, 6.45) is 0.813. The molecule has 2 aromatic rings. The van der Waals surface area contributed by atoms with Crippen LogP contribution < -0.4 is 24.8 Å². The van der Waals surface area contributed by atoms with Gasteiger partial charge in [0.2, 0.25) is 5.75 Å². The lowest BCUT2D eigenvalue weighted by Crippen LogP contribution is -2.26. The number of carbonyl (C=O) groups excluding carboxylic acids is 2. The molecule has 1 aromatic heterocycles. The van der Waals surface area contributed by atoms with Crippen LogP contribution in [0.5, 0.6) is 17.2 Å². The summed E-state index contributed by atoms with van der Waals surface area (Å²) in [5.74, 6) is 0.458. The summed E-state index contributed by atoms with van der Waals surface area (Å²) in [4.78, 5) is 28.7. The predicted octanol–water partition coefficient (Wildman–Crippen LogP) is 2.50. The molecule has 2 N–H and O–H groups in total. The molecule has 0 atom stereocenters. The Balaban J connectivity index is 2.23. The summed E-state index contributed by atoms with van der Waals surface area (Å²) >= 11 is 0. The van der Waals surface area contributed by atoms with E-state index in [1.807, 2.05) is 6.92 Å². The third kappa shape index (κ3) is 4.87. The lowest BCUT2D eigenvalue weighted by atomic mass is 10.2. The summed E-state index contributed by atoms with van der Waals surface area (Å²) < 4.78 is 15.8. The van der Waals surface area contributed by atoms with Crippen molar-refractivity contribution in [2.24, 2.45) is 0 Å². The highest BCUT2D eigenvalue weighted by molar-refractivity contribution is 6.04. The quantitative estimate of drug-likeness (QED) is 0.738. The van der Waals surface area contributed by atoms with E-state index >= 15 is 0 Å². The molecule has 0 fully saturated rings. The van der Waals surface area contributed by atoms with Gasteiger partial charge in [-0.25, -0.2) is 4.98 Å². The fourth-order valence-corrected chi connectivity index (χ4v) is 2.37. The zero-order valence-corrected chi connectivity index (χ0v) is 15.8. The third-order valence-corrected chi connectivity index (χ3v) is 3.67. The topological polar surface area (TPSA) is 98.8 Å². The normalized spacial score (nSPS) is 10.1. The summed E-state index contributed by atoms with van der Waals surface area (Å²) in [7, 11) is 4.48. The van der Waals surface area contributed by atoms with Crippen LogP contribution in [0, 0.1) is 0 Å². The van der Waals surface area contributed by atoms with Gasteiger partial charge >= 0.3 is 0 Å². The Morgan fingerprint density at radius 1 is 0.963 bits per heavy atom. The highest BCUT2D eigenvalue weighted by Crippen LogP contribution is 2.39. The second kappa shape index (κ2) is 9.42. The number of anilines is 1. The van der Waals surface area contributed by atoms with Gasteiger partial charge in [-0.15, -0.1) is 0 Å². The van der Waals surface area contributed by atoms with Crippen LogP contribution in [0.4, 0.5) is 5.69 Å². The monoisotopic (exact) mass is 373 g/mol. The number of pyridine rings is 1. The minimum atomic E-state index is -0.464. The van der Waals surface area contributed by atoms with Gasteiger partial charge in [0.05, 0.1) is 21.3 Å². The molecule has 2 amide bonds. The second-order valence-electron chi connectivity index (χ2n) is 5.53. The van der Waals surface area contributed by atoms with E-state index in [1.165, 1.54) is 27.4 Å². The summed E-state index contributed by atoms with van der Waals surface area (Å²) in [6.45, 7) is 2.50. The molecule has 0 bridgehead atoms. The van der Waals surface area contributed by atoms with Crippen molar-refractivity contribution in [1.29, 1.82) is 0 Å². The maximum absolute atomic E-state index is 12.5. The summed E-state index contributed by atoms with van der Waals surface area (Å²) in [5, 5.41) is 5.45. The van der Waals surface area contributed by atoms with E-state index in [0.29, 0.717) is 29.5 Å². The van der Waals surface area contributed by atoms with Crippen molar-refractivity contribution in [3.05, 3.63) is 41.7 Å². The van der Waals surface area contributed by atoms with Crippen LogP contribution in [0.2, 0.25) is 0 Å². The van der Waals surface area contributed by atoms with Crippen molar-refractivity contribution >= 4 is 17.5 Å². The van der Waals surface area contributed by atoms with Gasteiger partial charge in [-0.1, -0.05) is 13.0 Å². The Morgan fingerprint density at radius 2 is 1.56 bits per heavy atom. The number of aromatic nitrogens is 1. The van der Waals surface area contributed by atoms with Crippen LogP contribution in [-0.4, -0.2) is 44.7 Å². The molecule has 0 aliphatic rings. The van der Waals surface area contributed by atoms with Crippen molar-refractivity contribution in [3.63, 3.8) is 0 Å². The van der Waals surface area contributed by atoms with Crippen LogP contribution in [0.3, 0.4) is 0 Å². The van der Waals surface area contributed by atoms with Gasteiger partial charge in [0.15, 0.2) is 11.5 Å². The number of nitrogens with zero attached hydrogens (tertiary/aromatic N) is 1. The molecule has 27 heavy (non-hydrogen) atoms. The highest BCUT2D eigenvalue weighted by Gasteiger charge is 2.16. The molecule has 144 valence electrons. The van der Waals surface area contributed by atoms with Gasteiger partial charge in [-0.3, -0.25) is 9.59 Å². The Kier molecular flexibility index (Phi) is 6.99. The van der Waals surface area contributed by atoms with Crippen molar-refractivity contribution < 1.29 is 23.8 Å². The van der Waals surface area contributed by atoms with E-state index in [4.69, 9.17) is 14.2 Å². The SMILES string of the molecule is CCCNC(=O)c1cccc(C(=O)Nc2cc(OC)c(OC)c(OC)c2)n1. The minimum absolute atomic E-state index is 0.118. The first-order valence-corrected chi connectivity index (χ1v) is 8.40. The predicted molar refractivity (Wildman–Crippen MR) is 101 cm³/mol. The molecule has 0 saturated heterocycles. The average molecular weight is 373 g/mol. The third-order valence-electron chi connectivity index (χ3n) is 3.67. The highest BCUT2D eigenvalue weighted by atomic mass is 16.5. The Bertz CT molecular complexity index is 798. The molecule has 0 aliphatic heterocycles. The van der Waals surface area contributed by atoms with Crippen LogP contribution in [0.25, 0.3) is 0 Å². The van der Waals surface area contributed by atoms with Gasteiger partial charge in [-0.2, -0.15) is 0 Å². The number of methoxy groups -OCH3 is 3. The maximum Gasteiger partial charge on any atom is 0.274 e. The number of benzene rings is 1. The van der Waals surface area contributed by atoms with Crippen LogP contribution in [-0.2, 0) is 0 Å². The zero-order chi connectivity index (χ0) is 19.8. The first-order chi connectivity index (χ1) is 13.0. The number of hydrogen-bond acceptors (Lipinski definition) is 6. The van der Waals surface area contributed by atoms with E-state index < -0.39 is 5.91 Å². The number of hydrogen-bond donors (Lipinski definition) is 2. The van der Waals surface area contributed by atoms with Crippen molar-refractivity contribution in [2.45, 2.75) is 13.3 Å². The van der Waals surface area contributed by atoms with Crippen molar-refractivity contribution in [1.82, 2.24) is 10.3 Å². The number of amides is 2. The molecule has 1 aromatic carbocycles. The molecule has 8 nitrogen and oxygen atoms in total. The molecule has 0 aliphatic carbocycles. The van der Waals surface area contributed by atoms with E-state index in [9.17, 15) is 9.59 Å². The van der Waals surface area contributed by atoms with Gasteiger partial charge in [0, 0.05) is 24.4 Å². The van der Waals surface area contributed by atoms with Crippen molar-refractivity contribution in [3.8, 4) is 17.2 Å². The second-order valence-corrected chi connectivity index (χ2v) is 5.53. The molecule has 0 saturated carbocycles. The van der Waals surface area contributed by atoms with Crippen molar-refractivity contribution in [2.75, 3.05) is 33.2 Å². The summed E-state index contributed by atoms with van der Waals surface area (Å²) in [5.41, 5.74) is 0.742. The molecular formula is C19H23N3O5. The Hall–Kier alpha value is -3.29. The zero-order valence-electron chi connectivity index (χ0n) is 15.8. The lowest BCUT2D eigenvalue weighted by Gasteiger charge is -2.14. The molecule has 2 rings (SSSR count). The van der Waals surface area contributed by atoms with Crippen LogP contribution in [0.1, 0.15) is 34.3 Å². The average Bonchev–Trinajstić information content (AvgIpc) is 2.71. The van der Waals surface area contributed by atoms with Gasteiger partial charge < -0.3 is 24.8 Å². The van der Waals surface area contributed by atoms with Gasteiger partial charge in [-0.05, 0) is 18.6 Å². The number of carbonyl (C=O) groups is 2. The Morgan fingerprint density at radius 3 is 2.07 bits per heavy atom. The molecule has 0 radical (unpaired) electrons. The standard InChI is InChI=1S/C19H23N3O5/c1-5-9-20-18(23)13-7-6-8-14(22-13)19(24)21-12-10-15(25-2)17(27-4)16(11-12)26-3/h6-8,10-11H,5,9H2,1-4H3,(H,20,23)(H,21,24). The van der Waals surface area contributed by atoms with Gasteiger partial charge in [0.25, 0.3) is 11.8 Å². The largest absolute Gasteiger partial charge is 0.493 e. The van der Waals surface area contributed by atoms with Gasteiger partial charge in [0.1, 0.15) is 11.4 Å². The van der Waals surface area contributed by atoms with Crippen LogP contribution in [0.15, 0.2) is 30.3 Å². The van der Waals surface area contributed by atoms with E-state index in [0.717, 1.165) is 6.42 Å². The summed E-state index contributed by atoms with van der Waals surface area (Å²) in [6, 6.07) is 7.91. The number of ether oxygens (including phenoxy) is 3. The lowest BCUT2D eigenvalue weighted by molar-refractivity contribution is 0.0948. The minimum Gasteiger partial charge on any atom is -0.493 e.